The van der Waals surface area contributed by atoms with Crippen molar-refractivity contribution in [3.05, 3.63) is 75.5 Å². The standard InChI is InChI=1S/C22H22ClFN4OS/c23-18-7-5-16(6-8-18)14-20-25-26-22(30-20)28-10-2-9-27(11-12-28)21(29)15-17-3-1-4-19(24)13-17/h1,3-8,13H,2,9-12,14-15H2. The molecule has 1 aromatic heterocycles. The van der Waals surface area contributed by atoms with Gasteiger partial charge in [0.25, 0.3) is 0 Å². The van der Waals surface area contributed by atoms with Gasteiger partial charge in [-0.1, -0.05) is 47.2 Å². The van der Waals surface area contributed by atoms with Gasteiger partial charge in [0, 0.05) is 37.6 Å². The highest BCUT2D eigenvalue weighted by atomic mass is 35.5. The molecule has 2 aromatic carbocycles. The molecule has 0 bridgehead atoms. The van der Waals surface area contributed by atoms with E-state index >= 15 is 0 Å². The highest BCUT2D eigenvalue weighted by Crippen LogP contribution is 2.24. The summed E-state index contributed by atoms with van der Waals surface area (Å²) in [5.74, 6) is -0.281. The van der Waals surface area contributed by atoms with E-state index in [0.717, 1.165) is 40.1 Å². The molecular formula is C22H22ClFN4OS. The van der Waals surface area contributed by atoms with E-state index in [0.29, 0.717) is 25.2 Å². The molecular weight excluding hydrogens is 423 g/mol. The van der Waals surface area contributed by atoms with Crippen molar-refractivity contribution in [2.75, 3.05) is 31.1 Å². The van der Waals surface area contributed by atoms with Gasteiger partial charge < -0.3 is 9.80 Å². The maximum Gasteiger partial charge on any atom is 0.227 e. The number of amides is 1. The Hall–Kier alpha value is -2.51. The minimum Gasteiger partial charge on any atom is -0.345 e. The summed E-state index contributed by atoms with van der Waals surface area (Å²) < 4.78 is 13.4. The largest absolute Gasteiger partial charge is 0.345 e. The molecule has 1 aliphatic rings. The third-order valence-corrected chi connectivity index (χ3v) is 6.32. The number of rotatable bonds is 5. The van der Waals surface area contributed by atoms with Crippen LogP contribution in [0.3, 0.4) is 0 Å². The average molecular weight is 445 g/mol. The maximum atomic E-state index is 13.4. The molecule has 30 heavy (non-hydrogen) atoms. The van der Waals surface area contributed by atoms with Gasteiger partial charge in [-0.25, -0.2) is 4.39 Å². The van der Waals surface area contributed by atoms with Gasteiger partial charge in [-0.15, -0.1) is 10.2 Å². The van der Waals surface area contributed by atoms with E-state index in [-0.39, 0.29) is 18.1 Å². The second-order valence-corrected chi connectivity index (χ2v) is 8.79. The van der Waals surface area contributed by atoms with Crippen LogP contribution in [0.15, 0.2) is 48.5 Å². The van der Waals surface area contributed by atoms with E-state index in [9.17, 15) is 9.18 Å². The monoisotopic (exact) mass is 444 g/mol. The lowest BCUT2D eigenvalue weighted by Gasteiger charge is -2.21. The van der Waals surface area contributed by atoms with E-state index in [1.165, 1.54) is 12.1 Å². The van der Waals surface area contributed by atoms with Gasteiger partial charge in [-0.05, 0) is 41.8 Å². The van der Waals surface area contributed by atoms with E-state index in [1.54, 1.807) is 23.5 Å². The zero-order valence-corrected chi connectivity index (χ0v) is 18.0. The lowest BCUT2D eigenvalue weighted by Crippen LogP contribution is -2.36. The number of carbonyl (C=O) groups excluding carboxylic acids is 1. The maximum absolute atomic E-state index is 13.4. The molecule has 1 aliphatic heterocycles. The van der Waals surface area contributed by atoms with Crippen molar-refractivity contribution in [3.8, 4) is 0 Å². The van der Waals surface area contributed by atoms with E-state index < -0.39 is 0 Å². The van der Waals surface area contributed by atoms with Crippen molar-refractivity contribution in [2.45, 2.75) is 19.3 Å². The minimum absolute atomic E-state index is 0.0307. The third kappa shape index (κ3) is 5.34. The number of hydrogen-bond acceptors (Lipinski definition) is 5. The SMILES string of the molecule is O=C(Cc1cccc(F)c1)N1CCCN(c2nnc(Cc3ccc(Cl)cc3)s2)CC1. The molecule has 4 rings (SSSR count). The Balaban J connectivity index is 1.34. The Morgan fingerprint density at radius 2 is 1.87 bits per heavy atom. The van der Waals surface area contributed by atoms with Crippen molar-refractivity contribution >= 4 is 34.0 Å². The molecule has 0 aliphatic carbocycles. The molecule has 0 unspecified atom stereocenters. The summed E-state index contributed by atoms with van der Waals surface area (Å²) >= 11 is 7.53. The summed E-state index contributed by atoms with van der Waals surface area (Å²) in [5, 5.41) is 11.3. The summed E-state index contributed by atoms with van der Waals surface area (Å²) in [4.78, 5) is 16.7. The Bertz CT molecular complexity index is 1010. The fraction of sp³-hybridized carbons (Fsp3) is 0.318. The Morgan fingerprint density at radius 3 is 2.67 bits per heavy atom. The highest BCUT2D eigenvalue weighted by molar-refractivity contribution is 7.15. The Labute approximate surface area is 184 Å². The second kappa shape index (κ2) is 9.53. The molecule has 1 amide bonds. The zero-order valence-electron chi connectivity index (χ0n) is 16.4. The first-order chi connectivity index (χ1) is 14.6. The van der Waals surface area contributed by atoms with Crippen LogP contribution in [0.1, 0.15) is 22.6 Å². The number of carbonyl (C=O) groups is 1. The molecule has 5 nitrogen and oxygen atoms in total. The molecule has 0 saturated carbocycles. The van der Waals surface area contributed by atoms with Crippen molar-refractivity contribution in [1.82, 2.24) is 15.1 Å². The average Bonchev–Trinajstić information content (AvgIpc) is 3.04. The molecule has 0 spiro atoms. The number of anilines is 1. The van der Waals surface area contributed by atoms with Crippen LogP contribution in [-0.4, -0.2) is 47.2 Å². The first-order valence-electron chi connectivity index (χ1n) is 9.91. The fourth-order valence-electron chi connectivity index (χ4n) is 3.51. The van der Waals surface area contributed by atoms with Crippen molar-refractivity contribution in [1.29, 1.82) is 0 Å². The second-order valence-electron chi connectivity index (χ2n) is 7.31. The van der Waals surface area contributed by atoms with Crippen LogP contribution in [0.4, 0.5) is 9.52 Å². The first-order valence-corrected chi connectivity index (χ1v) is 11.1. The number of aromatic nitrogens is 2. The quantitative estimate of drug-likeness (QED) is 0.591. The predicted octanol–water partition coefficient (Wildman–Crippen LogP) is 4.20. The highest BCUT2D eigenvalue weighted by Gasteiger charge is 2.21. The van der Waals surface area contributed by atoms with E-state index in [2.05, 4.69) is 15.1 Å². The van der Waals surface area contributed by atoms with E-state index in [1.807, 2.05) is 29.2 Å². The van der Waals surface area contributed by atoms with Crippen LogP contribution in [0.5, 0.6) is 0 Å². The van der Waals surface area contributed by atoms with Gasteiger partial charge in [0.15, 0.2) is 0 Å². The van der Waals surface area contributed by atoms with Gasteiger partial charge in [0.1, 0.15) is 10.8 Å². The van der Waals surface area contributed by atoms with E-state index in [4.69, 9.17) is 11.6 Å². The van der Waals surface area contributed by atoms with Crippen molar-refractivity contribution in [2.24, 2.45) is 0 Å². The van der Waals surface area contributed by atoms with Gasteiger partial charge in [-0.3, -0.25) is 4.79 Å². The summed E-state index contributed by atoms with van der Waals surface area (Å²) in [6, 6.07) is 14.0. The predicted molar refractivity (Wildman–Crippen MR) is 118 cm³/mol. The summed E-state index contributed by atoms with van der Waals surface area (Å²) in [6.45, 7) is 2.87. The van der Waals surface area contributed by atoms with Gasteiger partial charge in [0.05, 0.1) is 6.42 Å². The van der Waals surface area contributed by atoms with Crippen LogP contribution in [0, 0.1) is 5.82 Å². The number of hydrogen-bond donors (Lipinski definition) is 0. The van der Waals surface area contributed by atoms with Crippen LogP contribution >= 0.6 is 22.9 Å². The molecule has 156 valence electrons. The molecule has 1 saturated heterocycles. The molecule has 0 N–H and O–H groups in total. The number of benzene rings is 2. The lowest BCUT2D eigenvalue weighted by molar-refractivity contribution is -0.130. The van der Waals surface area contributed by atoms with Crippen molar-refractivity contribution in [3.63, 3.8) is 0 Å². The molecule has 0 atom stereocenters. The van der Waals surface area contributed by atoms with Crippen molar-refractivity contribution < 1.29 is 9.18 Å². The normalized spacial score (nSPS) is 14.6. The first kappa shape index (κ1) is 20.8. The van der Waals surface area contributed by atoms with Gasteiger partial charge in [-0.2, -0.15) is 0 Å². The van der Waals surface area contributed by atoms with Crippen LogP contribution in [0.2, 0.25) is 5.02 Å². The zero-order chi connectivity index (χ0) is 20.9. The molecule has 3 aromatic rings. The topological polar surface area (TPSA) is 49.3 Å². The third-order valence-electron chi connectivity index (χ3n) is 5.09. The molecule has 8 heteroatoms. The summed E-state index contributed by atoms with van der Waals surface area (Å²) in [6.07, 6.45) is 1.81. The van der Waals surface area contributed by atoms with Crippen LogP contribution in [0.25, 0.3) is 0 Å². The fourth-order valence-corrected chi connectivity index (χ4v) is 4.56. The molecule has 0 radical (unpaired) electrons. The van der Waals surface area contributed by atoms with Gasteiger partial charge >= 0.3 is 0 Å². The van der Waals surface area contributed by atoms with Crippen LogP contribution < -0.4 is 4.90 Å². The van der Waals surface area contributed by atoms with Crippen LogP contribution in [-0.2, 0) is 17.6 Å². The minimum atomic E-state index is -0.312. The number of halogens is 2. The smallest absolute Gasteiger partial charge is 0.227 e. The van der Waals surface area contributed by atoms with Gasteiger partial charge in [0.2, 0.25) is 11.0 Å². The number of nitrogens with zero attached hydrogens (tertiary/aromatic N) is 4. The molecule has 2 heterocycles. The summed E-state index contributed by atoms with van der Waals surface area (Å²) in [5.41, 5.74) is 1.85. The lowest BCUT2D eigenvalue weighted by atomic mass is 10.1. The Morgan fingerprint density at radius 1 is 1.03 bits per heavy atom. The molecule has 1 fully saturated rings. The summed E-state index contributed by atoms with van der Waals surface area (Å²) in [7, 11) is 0. The Kier molecular flexibility index (Phi) is 6.59.